The fourth-order valence-corrected chi connectivity index (χ4v) is 2.42. The molecule has 0 aliphatic heterocycles. The van der Waals surface area contributed by atoms with Crippen LogP contribution >= 0.6 is 12.2 Å². The van der Waals surface area contributed by atoms with Gasteiger partial charge in [-0.3, -0.25) is 0 Å². The molecule has 0 atom stereocenters. The Morgan fingerprint density at radius 3 is 2.27 bits per heavy atom. The molecule has 0 aliphatic rings. The van der Waals surface area contributed by atoms with Crippen LogP contribution in [0.25, 0.3) is 0 Å². The Labute approximate surface area is 138 Å². The summed E-state index contributed by atoms with van der Waals surface area (Å²) < 4.78 is 6.04. The maximum Gasteiger partial charge on any atom is 0.123 e. The average Bonchev–Trinajstić information content (AvgIpc) is 2.45. The van der Waals surface area contributed by atoms with E-state index < -0.39 is 0 Å². The number of hydrogen-bond acceptors (Lipinski definition) is 2. The molecule has 0 bridgehead atoms. The molecule has 0 fully saturated rings. The maximum absolute atomic E-state index is 6.04. The fourth-order valence-electron chi connectivity index (χ4n) is 2.28. The molecular weight excluding hydrogens is 290 g/mol. The molecule has 0 saturated heterocycles. The van der Waals surface area contributed by atoms with Crippen molar-refractivity contribution in [1.82, 2.24) is 0 Å². The molecule has 2 nitrogen and oxygen atoms in total. The minimum Gasteiger partial charge on any atom is -0.489 e. The van der Waals surface area contributed by atoms with Crippen molar-refractivity contribution in [3.8, 4) is 5.75 Å². The van der Waals surface area contributed by atoms with E-state index in [1.807, 2.05) is 24.3 Å². The molecule has 0 unspecified atom stereocenters. The van der Waals surface area contributed by atoms with Gasteiger partial charge in [0.05, 0.1) is 0 Å². The topological polar surface area (TPSA) is 35.2 Å². The molecule has 0 amide bonds. The quantitative estimate of drug-likeness (QED) is 0.844. The van der Waals surface area contributed by atoms with Crippen molar-refractivity contribution in [3.63, 3.8) is 0 Å². The summed E-state index contributed by atoms with van der Waals surface area (Å²) in [4.78, 5) is 0.418. The molecule has 0 saturated carbocycles. The lowest BCUT2D eigenvalue weighted by Crippen LogP contribution is -2.14. The van der Waals surface area contributed by atoms with Crippen LogP contribution in [0.3, 0.4) is 0 Å². The van der Waals surface area contributed by atoms with Crippen LogP contribution in [0.5, 0.6) is 5.75 Å². The molecular formula is C19H23NOS. The van der Waals surface area contributed by atoms with Crippen LogP contribution in [0.2, 0.25) is 0 Å². The molecule has 0 aliphatic carbocycles. The van der Waals surface area contributed by atoms with Gasteiger partial charge in [0.1, 0.15) is 17.3 Å². The van der Waals surface area contributed by atoms with Crippen molar-refractivity contribution in [1.29, 1.82) is 0 Å². The highest BCUT2D eigenvalue weighted by molar-refractivity contribution is 7.80. The summed E-state index contributed by atoms with van der Waals surface area (Å²) in [7, 11) is 0. The highest BCUT2D eigenvalue weighted by Gasteiger charge is 2.19. The first-order chi connectivity index (χ1) is 10.3. The van der Waals surface area contributed by atoms with Crippen molar-refractivity contribution >= 4 is 17.2 Å². The predicted molar refractivity (Wildman–Crippen MR) is 96.5 cm³/mol. The van der Waals surface area contributed by atoms with E-state index in [0.29, 0.717) is 11.6 Å². The second-order valence-corrected chi connectivity index (χ2v) is 7.04. The summed E-state index contributed by atoms with van der Waals surface area (Å²) in [5.74, 6) is 0.941. The van der Waals surface area contributed by atoms with E-state index in [1.54, 1.807) is 0 Å². The molecule has 3 heteroatoms. The van der Waals surface area contributed by atoms with Gasteiger partial charge in [-0.15, -0.1) is 0 Å². The first kappa shape index (κ1) is 16.5. The number of ether oxygens (including phenoxy) is 1. The number of nitrogens with two attached hydrogens (primary N) is 1. The third-order valence-electron chi connectivity index (χ3n) is 3.58. The highest BCUT2D eigenvalue weighted by atomic mass is 32.1. The minimum absolute atomic E-state index is 0.0525. The van der Waals surface area contributed by atoms with Crippen LogP contribution in [0.4, 0.5) is 0 Å². The third kappa shape index (κ3) is 4.08. The molecule has 2 rings (SSSR count). The van der Waals surface area contributed by atoms with Gasteiger partial charge in [0.2, 0.25) is 0 Å². The van der Waals surface area contributed by atoms with E-state index in [0.717, 1.165) is 16.9 Å². The van der Waals surface area contributed by atoms with E-state index in [9.17, 15) is 0 Å². The van der Waals surface area contributed by atoms with Gasteiger partial charge in [0, 0.05) is 5.56 Å². The van der Waals surface area contributed by atoms with E-state index in [-0.39, 0.29) is 5.41 Å². The summed E-state index contributed by atoms with van der Waals surface area (Å²) in [6.45, 7) is 9.24. The Morgan fingerprint density at radius 1 is 1.09 bits per heavy atom. The van der Waals surface area contributed by atoms with Crippen molar-refractivity contribution in [2.45, 2.75) is 39.7 Å². The Bertz CT molecular complexity index is 669. The van der Waals surface area contributed by atoms with Gasteiger partial charge in [-0.25, -0.2) is 0 Å². The smallest absolute Gasteiger partial charge is 0.123 e. The summed E-state index contributed by atoms with van der Waals surface area (Å²) in [6.07, 6.45) is 0. The lowest BCUT2D eigenvalue weighted by molar-refractivity contribution is 0.297. The standard InChI is InChI=1S/C19H23NOS/c1-13-5-10-17(16(11-13)19(2,3)4)21-12-14-6-8-15(9-7-14)18(20)22/h5-11H,12H2,1-4H3,(H2,20,22). The van der Waals surface area contributed by atoms with Gasteiger partial charge in [-0.1, -0.05) is 75.0 Å². The Morgan fingerprint density at radius 2 is 1.73 bits per heavy atom. The largest absolute Gasteiger partial charge is 0.489 e. The number of thiocarbonyl (C=S) groups is 1. The lowest BCUT2D eigenvalue weighted by atomic mass is 9.85. The summed E-state index contributed by atoms with van der Waals surface area (Å²) in [6, 6.07) is 14.2. The second kappa shape index (κ2) is 6.49. The normalized spacial score (nSPS) is 11.3. The number of hydrogen-bond donors (Lipinski definition) is 1. The van der Waals surface area contributed by atoms with E-state index in [4.69, 9.17) is 22.7 Å². The second-order valence-electron chi connectivity index (χ2n) is 6.60. The molecule has 2 aromatic carbocycles. The van der Waals surface area contributed by atoms with Gasteiger partial charge in [-0.05, 0) is 29.5 Å². The Hall–Kier alpha value is -1.87. The third-order valence-corrected chi connectivity index (χ3v) is 3.81. The lowest BCUT2D eigenvalue weighted by Gasteiger charge is -2.23. The van der Waals surface area contributed by atoms with Gasteiger partial charge >= 0.3 is 0 Å². The van der Waals surface area contributed by atoms with E-state index in [2.05, 4.69) is 45.9 Å². The molecule has 0 aromatic heterocycles. The molecule has 2 aromatic rings. The van der Waals surface area contributed by atoms with Gasteiger partial charge in [-0.2, -0.15) is 0 Å². The molecule has 0 spiro atoms. The first-order valence-electron chi connectivity index (χ1n) is 7.40. The number of benzene rings is 2. The van der Waals surface area contributed by atoms with Crippen LogP contribution in [0.1, 0.15) is 43.0 Å². The zero-order chi connectivity index (χ0) is 16.3. The van der Waals surface area contributed by atoms with Crippen LogP contribution in [-0.4, -0.2) is 4.99 Å². The molecule has 0 heterocycles. The molecule has 116 valence electrons. The van der Waals surface area contributed by atoms with Crippen LogP contribution in [0, 0.1) is 6.92 Å². The first-order valence-corrected chi connectivity index (χ1v) is 7.81. The van der Waals surface area contributed by atoms with Gasteiger partial charge in [0.25, 0.3) is 0 Å². The maximum atomic E-state index is 6.04. The average molecular weight is 313 g/mol. The van der Waals surface area contributed by atoms with Gasteiger partial charge in [0.15, 0.2) is 0 Å². The molecule has 22 heavy (non-hydrogen) atoms. The van der Waals surface area contributed by atoms with Gasteiger partial charge < -0.3 is 10.5 Å². The van der Waals surface area contributed by atoms with Crippen LogP contribution in [-0.2, 0) is 12.0 Å². The van der Waals surface area contributed by atoms with Crippen LogP contribution in [0.15, 0.2) is 42.5 Å². The SMILES string of the molecule is Cc1ccc(OCc2ccc(C(N)=S)cc2)c(C(C)(C)C)c1. The van der Waals surface area contributed by atoms with Crippen molar-refractivity contribution < 1.29 is 4.74 Å². The van der Waals surface area contributed by atoms with Crippen molar-refractivity contribution in [2.24, 2.45) is 5.73 Å². The number of aryl methyl sites for hydroxylation is 1. The fraction of sp³-hybridized carbons (Fsp3) is 0.316. The van der Waals surface area contributed by atoms with Crippen molar-refractivity contribution in [2.75, 3.05) is 0 Å². The zero-order valence-electron chi connectivity index (χ0n) is 13.6. The minimum atomic E-state index is 0.0525. The van der Waals surface area contributed by atoms with E-state index in [1.165, 1.54) is 11.1 Å². The molecule has 2 N–H and O–H groups in total. The Balaban J connectivity index is 2.16. The summed E-state index contributed by atoms with van der Waals surface area (Å²) in [5, 5.41) is 0. The number of rotatable bonds is 4. The van der Waals surface area contributed by atoms with Crippen LogP contribution < -0.4 is 10.5 Å². The zero-order valence-corrected chi connectivity index (χ0v) is 14.5. The predicted octanol–water partition coefficient (Wildman–Crippen LogP) is 4.51. The molecule has 0 radical (unpaired) electrons. The monoisotopic (exact) mass is 313 g/mol. The van der Waals surface area contributed by atoms with E-state index >= 15 is 0 Å². The Kier molecular flexibility index (Phi) is 4.87. The summed E-state index contributed by atoms with van der Waals surface area (Å²) >= 11 is 4.96. The summed E-state index contributed by atoms with van der Waals surface area (Å²) in [5.41, 5.74) is 10.1. The highest BCUT2D eigenvalue weighted by Crippen LogP contribution is 2.32. The van der Waals surface area contributed by atoms with Crippen molar-refractivity contribution in [3.05, 3.63) is 64.7 Å².